The van der Waals surface area contributed by atoms with E-state index < -0.39 is 12.0 Å². The van der Waals surface area contributed by atoms with Crippen LogP contribution >= 0.6 is 11.8 Å². The van der Waals surface area contributed by atoms with Crippen LogP contribution in [0.4, 0.5) is 0 Å². The minimum atomic E-state index is -1.04. The van der Waals surface area contributed by atoms with Gasteiger partial charge in [-0.05, 0) is 31.4 Å². The Morgan fingerprint density at radius 2 is 1.90 bits per heavy atom. The SMILES string of the molecule is CC(=O)NC(CCSCC(=O)N1CCCCC1)C(=O)O. The first-order valence-electron chi connectivity index (χ1n) is 6.86. The third-order valence-corrected chi connectivity index (χ3v) is 4.14. The fraction of sp³-hybridized carbons (Fsp3) is 0.769. The minimum absolute atomic E-state index is 0.126. The molecule has 1 atom stereocenters. The molecule has 20 heavy (non-hydrogen) atoms. The van der Waals surface area contributed by atoms with Crippen LogP contribution < -0.4 is 5.32 Å². The Labute approximate surface area is 123 Å². The summed E-state index contributed by atoms with van der Waals surface area (Å²) in [5.74, 6) is -0.348. The molecule has 1 rings (SSSR count). The molecule has 7 heteroatoms. The van der Waals surface area contributed by atoms with Gasteiger partial charge in [0, 0.05) is 20.0 Å². The normalized spacial score (nSPS) is 16.6. The average molecular weight is 302 g/mol. The molecule has 0 bridgehead atoms. The van der Waals surface area contributed by atoms with Crippen LogP contribution in [-0.4, -0.2) is 58.4 Å². The minimum Gasteiger partial charge on any atom is -0.480 e. The molecule has 0 radical (unpaired) electrons. The third kappa shape index (κ3) is 6.27. The number of hydrogen-bond donors (Lipinski definition) is 2. The lowest BCUT2D eigenvalue weighted by Gasteiger charge is -2.26. The van der Waals surface area contributed by atoms with E-state index in [1.807, 2.05) is 4.90 Å². The number of likely N-dealkylation sites (tertiary alicyclic amines) is 1. The van der Waals surface area contributed by atoms with Crippen molar-refractivity contribution >= 4 is 29.5 Å². The second kappa shape index (κ2) is 8.84. The Kier molecular flexibility index (Phi) is 7.43. The lowest BCUT2D eigenvalue weighted by Crippen LogP contribution is -2.40. The molecule has 0 aromatic carbocycles. The molecule has 6 nitrogen and oxygen atoms in total. The lowest BCUT2D eigenvalue weighted by atomic mass is 10.1. The van der Waals surface area contributed by atoms with Crippen LogP contribution in [0.2, 0.25) is 0 Å². The van der Waals surface area contributed by atoms with E-state index in [2.05, 4.69) is 5.32 Å². The van der Waals surface area contributed by atoms with Crippen LogP contribution in [0, 0.1) is 0 Å². The number of nitrogens with zero attached hydrogens (tertiary/aromatic N) is 1. The van der Waals surface area contributed by atoms with Crippen molar-refractivity contribution in [2.45, 2.75) is 38.6 Å². The van der Waals surface area contributed by atoms with E-state index in [-0.39, 0.29) is 11.8 Å². The number of hydrogen-bond acceptors (Lipinski definition) is 4. The molecule has 1 unspecified atom stereocenters. The molecule has 1 saturated heterocycles. The highest BCUT2D eigenvalue weighted by Crippen LogP contribution is 2.12. The summed E-state index contributed by atoms with van der Waals surface area (Å²) in [7, 11) is 0. The van der Waals surface area contributed by atoms with Crippen LogP contribution in [-0.2, 0) is 14.4 Å². The Bertz CT molecular complexity index is 356. The summed E-state index contributed by atoms with van der Waals surface area (Å²) in [6, 6.07) is -0.870. The van der Waals surface area contributed by atoms with Crippen LogP contribution in [0.25, 0.3) is 0 Å². The number of thioether (sulfide) groups is 1. The molecule has 0 aromatic rings. The number of carbonyl (C=O) groups excluding carboxylic acids is 2. The quantitative estimate of drug-likeness (QED) is 0.676. The number of aliphatic carboxylic acids is 1. The van der Waals surface area contributed by atoms with Crippen LogP contribution in [0.1, 0.15) is 32.6 Å². The van der Waals surface area contributed by atoms with Crippen molar-refractivity contribution in [3.05, 3.63) is 0 Å². The maximum atomic E-state index is 11.9. The van der Waals surface area contributed by atoms with Crippen molar-refractivity contribution in [2.75, 3.05) is 24.6 Å². The van der Waals surface area contributed by atoms with E-state index in [4.69, 9.17) is 5.11 Å². The predicted molar refractivity (Wildman–Crippen MR) is 77.6 cm³/mol. The Hall–Kier alpha value is -1.24. The van der Waals surface area contributed by atoms with Gasteiger partial charge in [-0.1, -0.05) is 0 Å². The van der Waals surface area contributed by atoms with Gasteiger partial charge in [0.15, 0.2) is 0 Å². The summed E-state index contributed by atoms with van der Waals surface area (Å²) >= 11 is 1.42. The molecular formula is C13H22N2O4S. The van der Waals surface area contributed by atoms with Gasteiger partial charge in [-0.15, -0.1) is 0 Å². The molecule has 114 valence electrons. The van der Waals surface area contributed by atoms with Gasteiger partial charge in [-0.3, -0.25) is 9.59 Å². The highest BCUT2D eigenvalue weighted by molar-refractivity contribution is 7.99. The second-order valence-corrected chi connectivity index (χ2v) is 5.98. The van der Waals surface area contributed by atoms with E-state index in [9.17, 15) is 14.4 Å². The summed E-state index contributed by atoms with van der Waals surface area (Å²) in [6.45, 7) is 2.97. The number of nitrogens with one attached hydrogen (secondary N) is 1. The Balaban J connectivity index is 2.20. The number of piperidine rings is 1. The predicted octanol–water partition coefficient (Wildman–Crippen LogP) is 0.711. The second-order valence-electron chi connectivity index (χ2n) is 4.87. The van der Waals surface area contributed by atoms with Gasteiger partial charge in [0.05, 0.1) is 5.75 Å². The molecule has 0 saturated carbocycles. The zero-order valence-corrected chi connectivity index (χ0v) is 12.6. The summed E-state index contributed by atoms with van der Waals surface area (Å²) in [5.41, 5.74) is 0. The number of carboxylic acids is 1. The maximum absolute atomic E-state index is 11.9. The average Bonchev–Trinajstić information content (AvgIpc) is 2.42. The largest absolute Gasteiger partial charge is 0.480 e. The molecule has 2 amide bonds. The molecule has 1 heterocycles. The van der Waals surface area contributed by atoms with Gasteiger partial charge >= 0.3 is 5.97 Å². The van der Waals surface area contributed by atoms with E-state index in [1.165, 1.54) is 25.1 Å². The van der Waals surface area contributed by atoms with Gasteiger partial charge in [0.2, 0.25) is 11.8 Å². The molecule has 2 N–H and O–H groups in total. The molecule has 0 aromatic heterocycles. The van der Waals surface area contributed by atoms with Crippen molar-refractivity contribution < 1.29 is 19.5 Å². The Morgan fingerprint density at radius 1 is 1.25 bits per heavy atom. The van der Waals surface area contributed by atoms with Crippen molar-refractivity contribution in [3.8, 4) is 0 Å². The first kappa shape index (κ1) is 16.8. The van der Waals surface area contributed by atoms with Gasteiger partial charge in [-0.25, -0.2) is 4.79 Å². The summed E-state index contributed by atoms with van der Waals surface area (Å²) in [4.78, 5) is 35.5. The van der Waals surface area contributed by atoms with Crippen LogP contribution in [0.5, 0.6) is 0 Å². The molecule has 1 fully saturated rings. The van der Waals surface area contributed by atoms with E-state index in [1.54, 1.807) is 0 Å². The first-order chi connectivity index (χ1) is 9.50. The zero-order valence-electron chi connectivity index (χ0n) is 11.8. The van der Waals surface area contributed by atoms with Crippen molar-refractivity contribution in [1.82, 2.24) is 10.2 Å². The van der Waals surface area contributed by atoms with Crippen LogP contribution in [0.3, 0.4) is 0 Å². The zero-order chi connectivity index (χ0) is 15.0. The molecule has 1 aliphatic heterocycles. The van der Waals surface area contributed by atoms with Gasteiger partial charge < -0.3 is 15.3 Å². The molecular weight excluding hydrogens is 280 g/mol. The lowest BCUT2D eigenvalue weighted by molar-refractivity contribution is -0.141. The third-order valence-electron chi connectivity index (χ3n) is 3.16. The molecule has 0 spiro atoms. The van der Waals surface area contributed by atoms with E-state index >= 15 is 0 Å². The van der Waals surface area contributed by atoms with Crippen LogP contribution in [0.15, 0.2) is 0 Å². The summed E-state index contributed by atoms with van der Waals surface area (Å²) in [6.07, 6.45) is 3.65. The smallest absolute Gasteiger partial charge is 0.326 e. The fourth-order valence-corrected chi connectivity index (χ4v) is 3.00. The highest BCUT2D eigenvalue weighted by Gasteiger charge is 2.19. The highest BCUT2D eigenvalue weighted by atomic mass is 32.2. The maximum Gasteiger partial charge on any atom is 0.326 e. The van der Waals surface area contributed by atoms with Crippen molar-refractivity contribution in [3.63, 3.8) is 0 Å². The Morgan fingerprint density at radius 3 is 2.45 bits per heavy atom. The molecule has 1 aliphatic rings. The van der Waals surface area contributed by atoms with Gasteiger partial charge in [0.1, 0.15) is 6.04 Å². The van der Waals surface area contributed by atoms with Gasteiger partial charge in [-0.2, -0.15) is 11.8 Å². The van der Waals surface area contributed by atoms with Crippen molar-refractivity contribution in [1.29, 1.82) is 0 Å². The number of rotatable bonds is 7. The standard InChI is InChI=1S/C13H22N2O4S/c1-10(16)14-11(13(18)19)5-8-20-9-12(17)15-6-3-2-4-7-15/h11H,2-9H2,1H3,(H,14,16)(H,18,19). The van der Waals surface area contributed by atoms with E-state index in [0.717, 1.165) is 25.9 Å². The summed E-state index contributed by atoms with van der Waals surface area (Å²) in [5, 5.41) is 11.3. The topological polar surface area (TPSA) is 86.7 Å². The fourth-order valence-electron chi connectivity index (χ4n) is 2.10. The van der Waals surface area contributed by atoms with E-state index in [0.29, 0.717) is 17.9 Å². The monoisotopic (exact) mass is 302 g/mol. The number of carbonyl (C=O) groups is 3. The number of carboxylic acid groups (broad SMARTS) is 1. The molecule has 0 aliphatic carbocycles. The summed E-state index contributed by atoms with van der Waals surface area (Å²) < 4.78 is 0. The van der Waals surface area contributed by atoms with Gasteiger partial charge in [0.25, 0.3) is 0 Å². The van der Waals surface area contributed by atoms with Crippen molar-refractivity contribution in [2.24, 2.45) is 0 Å². The number of amides is 2. The first-order valence-corrected chi connectivity index (χ1v) is 8.01.